The SMILES string of the molecule is CN=CC(=CN)c1cnc2ccc(NC)nc2c1. The van der Waals surface area contributed by atoms with Gasteiger partial charge < -0.3 is 11.1 Å². The molecule has 2 aromatic heterocycles. The van der Waals surface area contributed by atoms with Crippen molar-refractivity contribution in [3.63, 3.8) is 0 Å². The molecule has 0 aliphatic heterocycles. The van der Waals surface area contributed by atoms with Gasteiger partial charge >= 0.3 is 0 Å². The Morgan fingerprint density at radius 2 is 2.22 bits per heavy atom. The summed E-state index contributed by atoms with van der Waals surface area (Å²) >= 11 is 0. The summed E-state index contributed by atoms with van der Waals surface area (Å²) in [6, 6.07) is 5.77. The van der Waals surface area contributed by atoms with E-state index in [1.54, 1.807) is 19.5 Å². The van der Waals surface area contributed by atoms with E-state index in [4.69, 9.17) is 5.73 Å². The Bertz CT molecular complexity index is 616. The minimum absolute atomic E-state index is 0.809. The molecule has 2 heterocycles. The van der Waals surface area contributed by atoms with Crippen LogP contribution in [0.3, 0.4) is 0 Å². The molecule has 18 heavy (non-hydrogen) atoms. The molecule has 0 aromatic carbocycles. The molecule has 0 bridgehead atoms. The van der Waals surface area contributed by atoms with Crippen molar-refractivity contribution in [2.24, 2.45) is 10.7 Å². The standard InChI is InChI=1S/C13H15N5/c1-15-7-10(6-14)9-5-12-11(17-8-9)3-4-13(16-2)18-12/h3-8H,14H2,1-2H3,(H,16,18). The van der Waals surface area contributed by atoms with Crippen LogP contribution in [0.5, 0.6) is 0 Å². The number of pyridine rings is 2. The normalized spacial score (nSPS) is 12.2. The summed E-state index contributed by atoms with van der Waals surface area (Å²) in [6.45, 7) is 0. The van der Waals surface area contributed by atoms with Crippen LogP contribution in [0.4, 0.5) is 5.82 Å². The van der Waals surface area contributed by atoms with Gasteiger partial charge in [-0.25, -0.2) is 4.98 Å². The zero-order valence-corrected chi connectivity index (χ0v) is 10.4. The summed E-state index contributed by atoms with van der Waals surface area (Å²) in [7, 11) is 3.54. The van der Waals surface area contributed by atoms with Gasteiger partial charge in [0.1, 0.15) is 5.82 Å². The molecule has 0 fully saturated rings. The monoisotopic (exact) mass is 241 g/mol. The van der Waals surface area contributed by atoms with Crippen LogP contribution in [0.25, 0.3) is 16.6 Å². The Kier molecular flexibility index (Phi) is 3.52. The van der Waals surface area contributed by atoms with Crippen molar-refractivity contribution in [1.82, 2.24) is 9.97 Å². The Labute approximate surface area is 105 Å². The minimum atomic E-state index is 0.809. The van der Waals surface area contributed by atoms with Crippen molar-refractivity contribution in [2.45, 2.75) is 0 Å². The summed E-state index contributed by atoms with van der Waals surface area (Å²) in [5.74, 6) is 0.809. The van der Waals surface area contributed by atoms with Crippen LogP contribution in [0, 0.1) is 0 Å². The summed E-state index contributed by atoms with van der Waals surface area (Å²) < 4.78 is 0. The maximum absolute atomic E-state index is 5.58. The molecular formula is C13H15N5. The molecule has 5 heteroatoms. The number of fused-ring (bicyclic) bond motifs is 1. The fraction of sp³-hybridized carbons (Fsp3) is 0.154. The van der Waals surface area contributed by atoms with Crippen LogP contribution < -0.4 is 11.1 Å². The highest BCUT2D eigenvalue weighted by molar-refractivity contribution is 6.10. The maximum Gasteiger partial charge on any atom is 0.126 e. The third kappa shape index (κ3) is 2.29. The van der Waals surface area contributed by atoms with Crippen LogP contribution in [-0.4, -0.2) is 30.3 Å². The number of nitrogens with two attached hydrogens (primary N) is 1. The van der Waals surface area contributed by atoms with Crippen molar-refractivity contribution < 1.29 is 0 Å². The fourth-order valence-corrected chi connectivity index (χ4v) is 1.66. The van der Waals surface area contributed by atoms with E-state index in [0.717, 1.165) is 28.0 Å². The van der Waals surface area contributed by atoms with Gasteiger partial charge in [0.25, 0.3) is 0 Å². The Morgan fingerprint density at radius 3 is 2.89 bits per heavy atom. The molecule has 0 aliphatic rings. The fourth-order valence-electron chi connectivity index (χ4n) is 1.66. The quantitative estimate of drug-likeness (QED) is 0.801. The molecule has 2 rings (SSSR count). The van der Waals surface area contributed by atoms with Gasteiger partial charge in [0.2, 0.25) is 0 Å². The van der Waals surface area contributed by atoms with Gasteiger partial charge in [-0.3, -0.25) is 9.98 Å². The van der Waals surface area contributed by atoms with Crippen LogP contribution in [-0.2, 0) is 0 Å². The highest BCUT2D eigenvalue weighted by atomic mass is 15.0. The van der Waals surface area contributed by atoms with Crippen LogP contribution in [0.15, 0.2) is 35.6 Å². The highest BCUT2D eigenvalue weighted by Gasteiger charge is 2.03. The average molecular weight is 241 g/mol. The van der Waals surface area contributed by atoms with Crippen LogP contribution in [0.1, 0.15) is 5.56 Å². The molecule has 0 atom stereocenters. The summed E-state index contributed by atoms with van der Waals surface area (Å²) in [6.07, 6.45) is 4.98. The number of nitrogens with zero attached hydrogens (tertiary/aromatic N) is 3. The van der Waals surface area contributed by atoms with E-state index in [-0.39, 0.29) is 0 Å². The van der Waals surface area contributed by atoms with E-state index in [9.17, 15) is 0 Å². The van der Waals surface area contributed by atoms with Crippen molar-refractivity contribution in [2.75, 3.05) is 19.4 Å². The predicted molar refractivity (Wildman–Crippen MR) is 75.7 cm³/mol. The molecule has 0 unspecified atom stereocenters. The number of hydrogen-bond donors (Lipinski definition) is 2. The first-order chi connectivity index (χ1) is 8.78. The lowest BCUT2D eigenvalue weighted by molar-refractivity contribution is 1.30. The third-order valence-electron chi connectivity index (χ3n) is 2.57. The molecule has 3 N–H and O–H groups in total. The van der Waals surface area contributed by atoms with Crippen molar-refractivity contribution in [3.05, 3.63) is 36.2 Å². The van der Waals surface area contributed by atoms with E-state index in [2.05, 4.69) is 20.3 Å². The van der Waals surface area contributed by atoms with E-state index in [1.165, 1.54) is 6.20 Å². The summed E-state index contributed by atoms with van der Waals surface area (Å²) in [5, 5.41) is 3.00. The number of aliphatic imine (C=N–C) groups is 1. The molecule has 92 valence electrons. The molecule has 2 aromatic rings. The van der Waals surface area contributed by atoms with Gasteiger partial charge in [-0.2, -0.15) is 0 Å². The number of aromatic nitrogens is 2. The zero-order chi connectivity index (χ0) is 13.0. The predicted octanol–water partition coefficient (Wildman–Crippen LogP) is 1.67. The van der Waals surface area contributed by atoms with E-state index >= 15 is 0 Å². The molecule has 0 saturated carbocycles. The molecule has 0 radical (unpaired) electrons. The average Bonchev–Trinajstić information content (AvgIpc) is 2.43. The molecular weight excluding hydrogens is 226 g/mol. The van der Waals surface area contributed by atoms with Gasteiger partial charge in [-0.15, -0.1) is 0 Å². The van der Waals surface area contributed by atoms with E-state index in [1.807, 2.05) is 25.2 Å². The second-order valence-corrected chi connectivity index (χ2v) is 3.72. The molecule has 0 saturated heterocycles. The van der Waals surface area contributed by atoms with Crippen molar-refractivity contribution in [1.29, 1.82) is 0 Å². The first-order valence-electron chi connectivity index (χ1n) is 5.57. The number of anilines is 1. The van der Waals surface area contributed by atoms with E-state index in [0.29, 0.717) is 0 Å². The number of rotatable bonds is 3. The van der Waals surface area contributed by atoms with Gasteiger partial charge in [0, 0.05) is 43.8 Å². The molecule has 0 spiro atoms. The zero-order valence-electron chi connectivity index (χ0n) is 10.4. The van der Waals surface area contributed by atoms with Gasteiger partial charge in [-0.1, -0.05) is 0 Å². The lowest BCUT2D eigenvalue weighted by Crippen LogP contribution is -1.96. The van der Waals surface area contributed by atoms with Gasteiger partial charge in [0.15, 0.2) is 0 Å². The number of allylic oxidation sites excluding steroid dienone is 1. The molecule has 0 amide bonds. The first kappa shape index (κ1) is 12.0. The number of nitrogens with one attached hydrogen (secondary N) is 1. The summed E-state index contributed by atoms with van der Waals surface area (Å²) in [4.78, 5) is 12.8. The molecule has 0 aliphatic carbocycles. The Balaban J connectivity index is 2.54. The topological polar surface area (TPSA) is 76.2 Å². The lowest BCUT2D eigenvalue weighted by Gasteiger charge is -2.04. The first-order valence-corrected chi connectivity index (χ1v) is 5.57. The van der Waals surface area contributed by atoms with Gasteiger partial charge in [0.05, 0.1) is 11.0 Å². The lowest BCUT2D eigenvalue weighted by atomic mass is 10.1. The second kappa shape index (κ2) is 5.27. The highest BCUT2D eigenvalue weighted by Crippen LogP contribution is 2.18. The van der Waals surface area contributed by atoms with Crippen molar-refractivity contribution >= 4 is 28.6 Å². The largest absolute Gasteiger partial charge is 0.404 e. The Morgan fingerprint density at radius 1 is 1.39 bits per heavy atom. The minimum Gasteiger partial charge on any atom is -0.404 e. The molecule has 5 nitrogen and oxygen atoms in total. The van der Waals surface area contributed by atoms with Crippen LogP contribution in [0.2, 0.25) is 0 Å². The summed E-state index contributed by atoms with van der Waals surface area (Å²) in [5.41, 5.74) is 8.97. The maximum atomic E-state index is 5.58. The smallest absolute Gasteiger partial charge is 0.126 e. The van der Waals surface area contributed by atoms with Gasteiger partial charge in [-0.05, 0) is 18.2 Å². The van der Waals surface area contributed by atoms with E-state index < -0.39 is 0 Å². The van der Waals surface area contributed by atoms with Crippen LogP contribution >= 0.6 is 0 Å². The second-order valence-electron chi connectivity index (χ2n) is 3.72. The Hall–Kier alpha value is -2.43. The van der Waals surface area contributed by atoms with Crippen molar-refractivity contribution in [3.8, 4) is 0 Å². The third-order valence-corrected chi connectivity index (χ3v) is 2.57. The number of hydrogen-bond acceptors (Lipinski definition) is 5.